The molecule has 3 aromatic rings. The number of amides is 1. The summed E-state index contributed by atoms with van der Waals surface area (Å²) in [5, 5.41) is 17.4. The summed E-state index contributed by atoms with van der Waals surface area (Å²) >= 11 is 0. The summed E-state index contributed by atoms with van der Waals surface area (Å²) in [5.41, 5.74) is 11.3. The van der Waals surface area contributed by atoms with E-state index >= 15 is 0 Å². The number of hydrogen-bond acceptors (Lipinski definition) is 8. The normalized spacial score (nSPS) is 10.6. The maximum absolute atomic E-state index is 11.3. The smallest absolute Gasteiger partial charge is 0.273 e. The second kappa shape index (κ2) is 4.42. The lowest BCUT2D eigenvalue weighted by Crippen LogP contribution is -2.18. The third kappa shape index (κ3) is 2.05. The van der Waals surface area contributed by atoms with Gasteiger partial charge in [0.1, 0.15) is 5.82 Å². The molecule has 6 N–H and O–H groups in total. The minimum atomic E-state index is -0.768. The van der Waals surface area contributed by atoms with E-state index in [2.05, 4.69) is 35.7 Å². The molecule has 0 aliphatic carbocycles. The number of carbonyl (C=O) groups excluding carboxylic acids is 1. The number of aromatic nitrogens is 6. The van der Waals surface area contributed by atoms with Crippen LogP contribution in [0.2, 0.25) is 0 Å². The first-order valence-corrected chi connectivity index (χ1v) is 5.49. The van der Waals surface area contributed by atoms with Crippen molar-refractivity contribution in [3.63, 3.8) is 0 Å². The van der Waals surface area contributed by atoms with E-state index in [9.17, 15) is 4.79 Å². The van der Waals surface area contributed by atoms with Gasteiger partial charge in [-0.3, -0.25) is 9.89 Å². The highest BCUT2D eigenvalue weighted by Gasteiger charge is 2.14. The minimum absolute atomic E-state index is 0.0832. The molecule has 3 aromatic heterocycles. The van der Waals surface area contributed by atoms with Crippen LogP contribution >= 0.6 is 0 Å². The van der Waals surface area contributed by atoms with Crippen LogP contribution in [0.1, 0.15) is 10.5 Å². The molecule has 0 radical (unpaired) electrons. The van der Waals surface area contributed by atoms with Crippen LogP contribution in [0, 0.1) is 0 Å². The summed E-state index contributed by atoms with van der Waals surface area (Å²) in [6, 6.07) is 1.70. The summed E-state index contributed by atoms with van der Waals surface area (Å²) in [7, 11) is 0. The second-order valence-electron chi connectivity index (χ2n) is 3.88. The number of nitrogens with two attached hydrogens (primary N) is 2. The number of anilines is 3. The average Bonchev–Trinajstić information content (AvgIpc) is 2.85. The van der Waals surface area contributed by atoms with Crippen LogP contribution in [0.4, 0.5) is 17.6 Å². The number of hydrogen-bond donors (Lipinski definition) is 4. The number of pyridine rings is 1. The lowest BCUT2D eigenvalue weighted by atomic mass is 10.3. The van der Waals surface area contributed by atoms with Gasteiger partial charge in [-0.05, 0) is 0 Å². The molecule has 0 saturated carbocycles. The van der Waals surface area contributed by atoms with Crippen LogP contribution in [-0.2, 0) is 0 Å². The van der Waals surface area contributed by atoms with Crippen LogP contribution in [0.5, 0.6) is 0 Å². The predicted molar refractivity (Wildman–Crippen MR) is 69.9 cm³/mol. The number of H-pyrrole nitrogens is 1. The molecule has 10 heteroatoms. The maximum Gasteiger partial charge on any atom is 0.273 e. The maximum atomic E-state index is 11.3. The fourth-order valence-electron chi connectivity index (χ4n) is 1.62. The fraction of sp³-hybridized carbons (Fsp3) is 0. The first-order valence-electron chi connectivity index (χ1n) is 5.49. The van der Waals surface area contributed by atoms with Gasteiger partial charge in [-0.25, -0.2) is 4.98 Å². The molecular weight excluding hydrogens is 262 g/mol. The van der Waals surface area contributed by atoms with Gasteiger partial charge in [-0.15, -0.1) is 10.2 Å². The van der Waals surface area contributed by atoms with Crippen molar-refractivity contribution in [3.05, 3.63) is 24.2 Å². The average molecular weight is 271 g/mol. The highest BCUT2D eigenvalue weighted by molar-refractivity contribution is 5.96. The lowest BCUT2D eigenvalue weighted by molar-refractivity contribution is 0.0995. The third-order valence-corrected chi connectivity index (χ3v) is 2.51. The fourth-order valence-corrected chi connectivity index (χ4v) is 1.62. The van der Waals surface area contributed by atoms with Crippen molar-refractivity contribution in [2.75, 3.05) is 11.1 Å². The van der Waals surface area contributed by atoms with Gasteiger partial charge >= 0.3 is 0 Å². The Kier molecular flexibility index (Phi) is 2.60. The van der Waals surface area contributed by atoms with Gasteiger partial charge in [0.2, 0.25) is 5.95 Å². The SMILES string of the molecule is NC(=O)c1nnc(N)nc1Nc1cc2[nH]ncc2cn1. The number of carbonyl (C=O) groups is 1. The van der Waals surface area contributed by atoms with Gasteiger partial charge < -0.3 is 16.8 Å². The molecule has 0 spiro atoms. The summed E-state index contributed by atoms with van der Waals surface area (Å²) in [6.07, 6.45) is 3.26. The number of rotatable bonds is 3. The summed E-state index contributed by atoms with van der Waals surface area (Å²) in [6.45, 7) is 0. The van der Waals surface area contributed by atoms with Gasteiger partial charge in [-0.2, -0.15) is 10.1 Å². The Balaban J connectivity index is 2.01. The van der Waals surface area contributed by atoms with E-state index in [1.807, 2.05) is 0 Å². The van der Waals surface area contributed by atoms with Crippen molar-refractivity contribution in [1.29, 1.82) is 0 Å². The highest BCUT2D eigenvalue weighted by Crippen LogP contribution is 2.18. The molecule has 0 saturated heterocycles. The van der Waals surface area contributed by atoms with E-state index in [0.717, 1.165) is 10.9 Å². The van der Waals surface area contributed by atoms with Crippen LogP contribution in [0.25, 0.3) is 10.9 Å². The Hall–Kier alpha value is -3.30. The summed E-state index contributed by atoms with van der Waals surface area (Å²) in [4.78, 5) is 19.3. The van der Waals surface area contributed by atoms with Crippen molar-refractivity contribution in [2.24, 2.45) is 5.73 Å². The standard InChI is InChI=1S/C10H9N9O/c11-8(20)7-9(16-10(12)19-18-7)15-6-1-5-4(2-13-6)3-14-17-5/h1-3H,(H2,11,20)(H,14,17)(H3,12,13,15,16,19). The number of nitrogen functional groups attached to an aromatic ring is 1. The molecule has 0 aromatic carbocycles. The van der Waals surface area contributed by atoms with Gasteiger partial charge in [0.15, 0.2) is 11.5 Å². The van der Waals surface area contributed by atoms with Gasteiger partial charge in [-0.1, -0.05) is 0 Å². The molecular formula is C10H9N9O. The number of fused-ring (bicyclic) bond motifs is 1. The third-order valence-electron chi connectivity index (χ3n) is 2.51. The molecule has 0 unspecified atom stereocenters. The zero-order chi connectivity index (χ0) is 14.1. The molecule has 20 heavy (non-hydrogen) atoms. The monoisotopic (exact) mass is 271 g/mol. The first kappa shape index (κ1) is 11.8. The summed E-state index contributed by atoms with van der Waals surface area (Å²) in [5.74, 6) is -0.323. The van der Waals surface area contributed by atoms with Crippen LogP contribution in [0.3, 0.4) is 0 Å². The van der Waals surface area contributed by atoms with Crippen LogP contribution in [0.15, 0.2) is 18.5 Å². The molecule has 0 fully saturated rings. The van der Waals surface area contributed by atoms with Gasteiger partial charge in [0, 0.05) is 17.6 Å². The largest absolute Gasteiger partial charge is 0.366 e. The van der Waals surface area contributed by atoms with E-state index in [-0.39, 0.29) is 17.5 Å². The Bertz CT molecular complexity index is 796. The zero-order valence-electron chi connectivity index (χ0n) is 10.0. The second-order valence-corrected chi connectivity index (χ2v) is 3.88. The van der Waals surface area contributed by atoms with Crippen LogP contribution in [-0.4, -0.2) is 36.3 Å². The van der Waals surface area contributed by atoms with Crippen molar-refractivity contribution >= 4 is 34.4 Å². The summed E-state index contributed by atoms with van der Waals surface area (Å²) < 4.78 is 0. The quantitative estimate of drug-likeness (QED) is 0.498. The van der Waals surface area contributed by atoms with Crippen molar-refractivity contribution in [1.82, 2.24) is 30.4 Å². The Morgan fingerprint density at radius 2 is 2.15 bits per heavy atom. The molecule has 0 bridgehead atoms. The van der Waals surface area contributed by atoms with E-state index in [1.165, 1.54) is 0 Å². The van der Waals surface area contributed by atoms with Crippen molar-refractivity contribution in [3.8, 4) is 0 Å². The van der Waals surface area contributed by atoms with E-state index < -0.39 is 5.91 Å². The predicted octanol–water partition coefficient (Wildman–Crippen LogP) is -0.432. The topological polar surface area (TPSA) is 161 Å². The van der Waals surface area contributed by atoms with E-state index in [0.29, 0.717) is 5.82 Å². The zero-order valence-corrected chi connectivity index (χ0v) is 10.0. The van der Waals surface area contributed by atoms with E-state index in [1.54, 1.807) is 18.5 Å². The van der Waals surface area contributed by atoms with Gasteiger partial charge in [0.05, 0.1) is 11.7 Å². The Labute approximate surface area is 111 Å². The Morgan fingerprint density at radius 1 is 1.30 bits per heavy atom. The molecule has 0 atom stereocenters. The number of aromatic amines is 1. The van der Waals surface area contributed by atoms with Gasteiger partial charge in [0.25, 0.3) is 5.91 Å². The van der Waals surface area contributed by atoms with Crippen LogP contribution < -0.4 is 16.8 Å². The first-order chi connectivity index (χ1) is 9.63. The molecule has 0 aliphatic rings. The highest BCUT2D eigenvalue weighted by atomic mass is 16.1. The van der Waals surface area contributed by atoms with E-state index in [4.69, 9.17) is 11.5 Å². The lowest BCUT2D eigenvalue weighted by Gasteiger charge is -2.07. The molecule has 100 valence electrons. The van der Waals surface area contributed by atoms with Crippen molar-refractivity contribution in [2.45, 2.75) is 0 Å². The molecule has 10 nitrogen and oxygen atoms in total. The number of primary amides is 1. The molecule has 3 heterocycles. The number of nitrogens with one attached hydrogen (secondary N) is 2. The molecule has 0 aliphatic heterocycles. The van der Waals surface area contributed by atoms with Crippen molar-refractivity contribution < 1.29 is 4.79 Å². The molecule has 1 amide bonds. The Morgan fingerprint density at radius 3 is 2.95 bits per heavy atom. The minimum Gasteiger partial charge on any atom is -0.366 e. The number of nitrogens with zero attached hydrogens (tertiary/aromatic N) is 5. The molecule has 3 rings (SSSR count).